The van der Waals surface area contributed by atoms with Crippen LogP contribution in [0.15, 0.2) is 132 Å². The van der Waals surface area contributed by atoms with Crippen molar-refractivity contribution < 1.29 is 79.9 Å². The van der Waals surface area contributed by atoms with Gasteiger partial charge >= 0.3 is 12.2 Å². The van der Waals surface area contributed by atoms with Crippen LogP contribution in [0.1, 0.15) is 136 Å². The first-order valence-corrected chi connectivity index (χ1v) is 36.4. The first kappa shape index (κ1) is 79.8. The quantitative estimate of drug-likeness (QED) is 0.0263. The Morgan fingerprint density at radius 2 is 1.40 bits per heavy atom. The normalized spacial score (nSPS) is 15.5. The number of halogens is 2. The van der Waals surface area contributed by atoms with Crippen LogP contribution in [0, 0.1) is 11.3 Å². The topological polar surface area (TPSA) is 291 Å². The van der Waals surface area contributed by atoms with Gasteiger partial charge in [0.05, 0.1) is 89.7 Å². The molecule has 0 bridgehead atoms. The molecule has 0 spiro atoms. The lowest BCUT2D eigenvalue weighted by Gasteiger charge is -2.42. The Labute approximate surface area is 622 Å². The van der Waals surface area contributed by atoms with Gasteiger partial charge in [-0.05, 0) is 141 Å². The van der Waals surface area contributed by atoms with Crippen LogP contribution in [-0.4, -0.2) is 182 Å². The number of hydrogen-bond acceptors (Lipinski definition) is 19. The smallest absolute Gasteiger partial charge is 0.416 e. The zero-order chi connectivity index (χ0) is 76.0. The van der Waals surface area contributed by atoms with Crippen molar-refractivity contribution in [3.05, 3.63) is 173 Å². The molecule has 4 aromatic carbocycles. The Morgan fingerprint density at radius 1 is 0.729 bits per heavy atom. The molecule has 26 nitrogen and oxygen atoms in total. The highest BCUT2D eigenvalue weighted by molar-refractivity contribution is 6.03. The third-order valence-corrected chi connectivity index (χ3v) is 18.3. The second-order valence-electron chi connectivity index (χ2n) is 28.8. The molecule has 7 aromatic rings. The summed E-state index contributed by atoms with van der Waals surface area (Å²) >= 11 is 0. The number of pyridine rings is 1. The van der Waals surface area contributed by atoms with E-state index < -0.39 is 71.2 Å². The summed E-state index contributed by atoms with van der Waals surface area (Å²) < 4.78 is 81.2. The number of nitrogens with zero attached hydrogens (tertiary/aromatic N) is 7. The van der Waals surface area contributed by atoms with Gasteiger partial charge in [-0.25, -0.2) is 33.0 Å². The van der Waals surface area contributed by atoms with E-state index in [1.54, 1.807) is 56.9 Å². The molecule has 0 saturated heterocycles. The zero-order valence-corrected chi connectivity index (χ0v) is 62.2. The van der Waals surface area contributed by atoms with Gasteiger partial charge in [0.25, 0.3) is 12.3 Å². The van der Waals surface area contributed by atoms with Crippen LogP contribution in [0.4, 0.5) is 29.9 Å². The van der Waals surface area contributed by atoms with Crippen LogP contribution in [0.3, 0.4) is 0 Å². The van der Waals surface area contributed by atoms with Crippen LogP contribution in [-0.2, 0) is 80.1 Å². The van der Waals surface area contributed by atoms with Crippen molar-refractivity contribution in [2.75, 3.05) is 103 Å². The molecule has 0 radical (unpaired) electrons. The summed E-state index contributed by atoms with van der Waals surface area (Å²) in [5.41, 5.74) is 4.13. The van der Waals surface area contributed by atoms with Crippen molar-refractivity contribution in [3.8, 4) is 22.9 Å². The molecule has 3 aromatic heterocycles. The minimum atomic E-state index is -3.00. The number of carbonyl (C=O) groups excluding carboxylic acids is 6. The van der Waals surface area contributed by atoms with E-state index in [9.17, 15) is 32.8 Å². The molecule has 4 N–H and O–H groups in total. The molecular weight excluding hydrogens is 1380 g/mol. The number of hydrogen-bond donors (Lipinski definition) is 4. The maximum atomic E-state index is 15.1. The van der Waals surface area contributed by atoms with E-state index in [1.165, 1.54) is 39.5 Å². The van der Waals surface area contributed by atoms with E-state index >= 15 is 4.79 Å². The highest BCUT2D eigenvalue weighted by Gasteiger charge is 2.44. The largest absolute Gasteiger partial charge is 0.491 e. The minimum absolute atomic E-state index is 0.0291. The average molecular weight is 1480 g/mol. The van der Waals surface area contributed by atoms with Gasteiger partial charge in [0, 0.05) is 51.4 Å². The molecule has 574 valence electrons. The SMILES string of the molecule is C[C@@H](C(=O)N[C@H](C(=O)N1Cc2cc(OCCOCCOCCOCCOCCOCCNCc3ccc(-n4cc(NC(=O)c5coc(-c6ccnc(N(CC7CC7)C(=O)OC(C)(C)C)c6)n5)c(C(F)F)n4)cc3)ccc2C[C@H]1C(=O)N[C@@H]1CCCc2ccccc21)C(C)(C)C)N(C)C(=O)OCc1ccccc1. The average Bonchev–Trinajstić information content (AvgIpc) is 1.60. The molecule has 3 aliphatic rings. The molecule has 1 fully saturated rings. The van der Waals surface area contributed by atoms with E-state index in [-0.39, 0.29) is 55.4 Å². The van der Waals surface area contributed by atoms with Gasteiger partial charge in [-0.15, -0.1) is 0 Å². The summed E-state index contributed by atoms with van der Waals surface area (Å²) in [6, 6.07) is 30.2. The highest BCUT2D eigenvalue weighted by Crippen LogP contribution is 2.36. The summed E-state index contributed by atoms with van der Waals surface area (Å²) in [5, 5.41) is 16.1. The molecule has 1 saturated carbocycles. The molecule has 0 unspecified atom stereocenters. The van der Waals surface area contributed by atoms with Gasteiger partial charge < -0.3 is 68.5 Å². The number of likely N-dealkylation sites (N-methyl/N-ethyl adjacent to an activating group) is 1. The van der Waals surface area contributed by atoms with Crippen molar-refractivity contribution in [3.63, 3.8) is 0 Å². The van der Waals surface area contributed by atoms with Crippen LogP contribution < -0.4 is 30.9 Å². The molecule has 4 atom stereocenters. The molecule has 2 aliphatic carbocycles. The summed E-state index contributed by atoms with van der Waals surface area (Å²) in [6.45, 7) is 18.1. The Morgan fingerprint density at radius 3 is 2.07 bits per heavy atom. The maximum absolute atomic E-state index is 15.1. The van der Waals surface area contributed by atoms with Crippen molar-refractivity contribution in [2.45, 2.75) is 143 Å². The predicted octanol–water partition coefficient (Wildman–Crippen LogP) is 11.2. The van der Waals surface area contributed by atoms with Crippen molar-refractivity contribution >= 4 is 47.3 Å². The minimum Gasteiger partial charge on any atom is -0.491 e. The molecule has 4 heterocycles. The second kappa shape index (κ2) is 38.2. The van der Waals surface area contributed by atoms with Gasteiger partial charge in [-0.3, -0.25) is 29.0 Å². The van der Waals surface area contributed by atoms with Gasteiger partial charge in [0.2, 0.25) is 23.6 Å². The maximum Gasteiger partial charge on any atom is 0.416 e. The van der Waals surface area contributed by atoms with E-state index in [0.717, 1.165) is 66.2 Å². The van der Waals surface area contributed by atoms with Crippen molar-refractivity contribution in [1.29, 1.82) is 0 Å². The lowest BCUT2D eigenvalue weighted by molar-refractivity contribution is -0.147. The predicted molar refractivity (Wildman–Crippen MR) is 394 cm³/mol. The summed E-state index contributed by atoms with van der Waals surface area (Å²) in [6.07, 6.45) is 4.53. The number of aromatic nitrogens is 4. The molecule has 107 heavy (non-hydrogen) atoms. The molecule has 1 aliphatic heterocycles. The van der Waals surface area contributed by atoms with Crippen LogP contribution >= 0.6 is 0 Å². The van der Waals surface area contributed by atoms with Crippen LogP contribution in [0.25, 0.3) is 17.1 Å². The van der Waals surface area contributed by atoms with E-state index in [0.29, 0.717) is 114 Å². The molecular formula is C79H99F2N11O15. The number of anilines is 2. The first-order chi connectivity index (χ1) is 51.5. The molecule has 28 heteroatoms. The number of nitrogens with one attached hydrogen (secondary N) is 4. The van der Waals surface area contributed by atoms with Crippen LogP contribution in [0.5, 0.6) is 5.75 Å². The third kappa shape index (κ3) is 23.4. The lowest BCUT2D eigenvalue weighted by Crippen LogP contribution is -2.62. The number of alkyl halides is 2. The second-order valence-corrected chi connectivity index (χ2v) is 28.8. The zero-order valence-electron chi connectivity index (χ0n) is 62.2. The standard InChI is InChI=1S/C79H99F2N11O15/c1-52(89(8)76(97)106-50-55-15-10-9-11-16-55)71(93)87-69(78(2,3)4)75(96)90-48-59-43-61(28-25-57(59)44-66(90)73(95)84-63-20-14-18-56-17-12-13-19-62(56)63)104-42-41-103-40-39-102-38-37-101-36-35-100-34-33-99-32-31-82-46-53-23-26-60(27-24-53)92-49-64(68(88-92)70(80)81)85-72(94)65-51-105-74(86-65)58-29-30-83-67(45-58)91(47-54-21-22-54)77(98)107-79(5,6)7/h9-13,15-17,19,23-30,43,45,49,51-52,54,63,66,69-70,82H,14,18,20-22,31-42,44,46-48,50H2,1-8H3,(H,84,95)(H,85,94)(H,87,93)/t52-,63+,66-,69+/m0/s1. The van der Waals surface area contributed by atoms with Gasteiger partial charge in [0.1, 0.15) is 54.8 Å². The Bertz CT molecular complexity index is 4090. The van der Waals surface area contributed by atoms with E-state index in [2.05, 4.69) is 42.4 Å². The number of carbonyl (C=O) groups is 6. The van der Waals surface area contributed by atoms with E-state index in [4.69, 9.17) is 42.3 Å². The van der Waals surface area contributed by atoms with Crippen LogP contribution in [0.2, 0.25) is 0 Å². The molecule has 10 rings (SSSR count). The summed E-state index contributed by atoms with van der Waals surface area (Å²) in [7, 11) is 1.48. The Balaban J connectivity index is 0.580. The highest BCUT2D eigenvalue weighted by atomic mass is 19.3. The van der Waals surface area contributed by atoms with Gasteiger partial charge in [-0.1, -0.05) is 93.6 Å². The number of amides is 6. The monoisotopic (exact) mass is 1480 g/mol. The number of oxazole rings is 1. The number of fused-ring (bicyclic) bond motifs is 2. The summed E-state index contributed by atoms with van der Waals surface area (Å²) in [4.78, 5) is 96.3. The fourth-order valence-electron chi connectivity index (χ4n) is 12.2. The third-order valence-electron chi connectivity index (χ3n) is 18.3. The fourth-order valence-corrected chi connectivity index (χ4v) is 12.2. The Hall–Kier alpha value is -9.71. The van der Waals surface area contributed by atoms with Crippen molar-refractivity contribution in [1.82, 2.24) is 45.5 Å². The number of aryl methyl sites for hydroxylation is 1. The lowest BCUT2D eigenvalue weighted by atomic mass is 9.83. The number of rotatable bonds is 37. The van der Waals surface area contributed by atoms with Gasteiger partial charge in [-0.2, -0.15) is 5.10 Å². The fraction of sp³-hybridized carbons (Fsp3) is 0.481. The number of ether oxygens (including phenoxy) is 8. The van der Waals surface area contributed by atoms with Gasteiger partial charge in [0.15, 0.2) is 11.4 Å². The first-order valence-electron chi connectivity index (χ1n) is 36.4. The number of benzene rings is 4. The van der Waals surface area contributed by atoms with Crippen molar-refractivity contribution in [2.24, 2.45) is 11.3 Å². The molecule has 6 amide bonds. The Kier molecular flexibility index (Phi) is 28.5. The summed E-state index contributed by atoms with van der Waals surface area (Å²) in [5.74, 6) is -0.757. The van der Waals surface area contributed by atoms with E-state index in [1.807, 2.05) is 99.6 Å².